The first kappa shape index (κ1) is 12.1. The van der Waals surface area contributed by atoms with Crippen LogP contribution in [0.4, 0.5) is 0 Å². The number of Topliss-reactive ketones (excluding diaryl/α,β-unsaturated/α-hetero) is 1. The first-order chi connectivity index (χ1) is 8.20. The van der Waals surface area contributed by atoms with E-state index in [0.29, 0.717) is 6.42 Å². The molecule has 0 bridgehead atoms. The largest absolute Gasteiger partial charge is 0.493 e. The van der Waals surface area contributed by atoms with Gasteiger partial charge in [-0.1, -0.05) is 6.92 Å². The highest BCUT2D eigenvalue weighted by atomic mass is 16.5. The first-order valence-electron chi connectivity index (χ1n) is 6.23. The van der Waals surface area contributed by atoms with Crippen molar-refractivity contribution in [1.29, 1.82) is 0 Å². The van der Waals surface area contributed by atoms with Crippen molar-refractivity contribution in [1.82, 2.24) is 5.32 Å². The molecule has 0 radical (unpaired) electrons. The van der Waals surface area contributed by atoms with E-state index in [4.69, 9.17) is 4.74 Å². The lowest BCUT2D eigenvalue weighted by molar-refractivity contribution is 0.0972. The minimum absolute atomic E-state index is 0.202. The highest BCUT2D eigenvalue weighted by Gasteiger charge is 2.16. The molecule has 1 N–H and O–H groups in total. The molecule has 17 heavy (non-hydrogen) atoms. The van der Waals surface area contributed by atoms with Gasteiger partial charge in [-0.25, -0.2) is 0 Å². The lowest BCUT2D eigenvalue weighted by atomic mass is 10.0. The van der Waals surface area contributed by atoms with Crippen LogP contribution in [0.1, 0.15) is 36.2 Å². The van der Waals surface area contributed by atoms with E-state index in [9.17, 15) is 4.79 Å². The molecule has 92 valence electrons. The Morgan fingerprint density at radius 2 is 2.35 bits per heavy atom. The molecule has 1 unspecified atom stereocenters. The second kappa shape index (κ2) is 5.32. The van der Waals surface area contributed by atoms with Crippen molar-refractivity contribution in [2.24, 2.45) is 0 Å². The summed E-state index contributed by atoms with van der Waals surface area (Å²) in [5, 5.41) is 3.25. The van der Waals surface area contributed by atoms with Gasteiger partial charge in [-0.15, -0.1) is 0 Å². The molecule has 1 aromatic carbocycles. The van der Waals surface area contributed by atoms with Gasteiger partial charge in [0.25, 0.3) is 0 Å². The monoisotopic (exact) mass is 233 g/mol. The highest BCUT2D eigenvalue weighted by Crippen LogP contribution is 2.26. The third-order valence-corrected chi connectivity index (χ3v) is 3.06. The third-order valence-electron chi connectivity index (χ3n) is 3.06. The molecular formula is C14H19NO2. The molecule has 0 amide bonds. The summed E-state index contributed by atoms with van der Waals surface area (Å²) in [6.07, 6.45) is 1.46. The number of carbonyl (C=O) groups excluding carboxylic acids is 1. The van der Waals surface area contributed by atoms with Gasteiger partial charge in [0, 0.05) is 24.4 Å². The lowest BCUT2D eigenvalue weighted by Crippen LogP contribution is -2.28. The zero-order chi connectivity index (χ0) is 12.3. The number of hydrogen-bond acceptors (Lipinski definition) is 3. The maximum Gasteiger partial charge on any atom is 0.164 e. The van der Waals surface area contributed by atoms with Gasteiger partial charge in [-0.3, -0.25) is 4.79 Å². The van der Waals surface area contributed by atoms with Gasteiger partial charge in [-0.05, 0) is 37.2 Å². The molecule has 0 fully saturated rings. The van der Waals surface area contributed by atoms with Gasteiger partial charge in [0.2, 0.25) is 0 Å². The summed E-state index contributed by atoms with van der Waals surface area (Å²) >= 11 is 0. The van der Waals surface area contributed by atoms with Crippen LogP contribution in [0.15, 0.2) is 18.2 Å². The minimum Gasteiger partial charge on any atom is -0.493 e. The Morgan fingerprint density at radius 1 is 1.53 bits per heavy atom. The molecule has 3 nitrogen and oxygen atoms in total. The Morgan fingerprint density at radius 3 is 3.12 bits per heavy atom. The molecule has 0 saturated heterocycles. The predicted molar refractivity (Wildman–Crippen MR) is 67.7 cm³/mol. The number of rotatable bonds is 5. The van der Waals surface area contributed by atoms with E-state index in [1.807, 2.05) is 32.0 Å². The molecular weight excluding hydrogens is 214 g/mol. The van der Waals surface area contributed by atoms with Crippen molar-refractivity contribution in [3.8, 4) is 5.75 Å². The number of benzene rings is 1. The van der Waals surface area contributed by atoms with Gasteiger partial charge < -0.3 is 10.1 Å². The fourth-order valence-electron chi connectivity index (χ4n) is 2.18. The molecule has 2 rings (SSSR count). The Bertz CT molecular complexity index is 415. The van der Waals surface area contributed by atoms with Gasteiger partial charge in [0.1, 0.15) is 5.75 Å². The van der Waals surface area contributed by atoms with E-state index in [-0.39, 0.29) is 11.8 Å². The van der Waals surface area contributed by atoms with Crippen LogP contribution in [0.5, 0.6) is 5.75 Å². The maximum absolute atomic E-state index is 12.0. The molecule has 0 spiro atoms. The molecule has 0 aromatic heterocycles. The number of carbonyl (C=O) groups is 1. The number of nitrogens with one attached hydrogen (secondary N) is 1. The topological polar surface area (TPSA) is 38.3 Å². The average molecular weight is 233 g/mol. The zero-order valence-electron chi connectivity index (χ0n) is 10.5. The summed E-state index contributed by atoms with van der Waals surface area (Å²) in [4.78, 5) is 12.0. The minimum atomic E-state index is 0.202. The fourth-order valence-corrected chi connectivity index (χ4v) is 2.18. The molecule has 0 aliphatic carbocycles. The molecule has 1 aliphatic rings. The van der Waals surface area contributed by atoms with Crippen LogP contribution in [-0.4, -0.2) is 25.0 Å². The molecule has 1 aromatic rings. The van der Waals surface area contributed by atoms with Gasteiger partial charge >= 0.3 is 0 Å². The first-order valence-corrected chi connectivity index (χ1v) is 6.23. The Hall–Kier alpha value is -1.35. The van der Waals surface area contributed by atoms with Crippen LogP contribution < -0.4 is 10.1 Å². The van der Waals surface area contributed by atoms with E-state index in [1.165, 1.54) is 0 Å². The highest BCUT2D eigenvalue weighted by molar-refractivity contribution is 5.96. The summed E-state index contributed by atoms with van der Waals surface area (Å²) in [6, 6.07) is 5.99. The zero-order valence-corrected chi connectivity index (χ0v) is 10.5. The van der Waals surface area contributed by atoms with E-state index < -0.39 is 0 Å². The molecule has 3 heteroatoms. The molecule has 0 saturated carbocycles. The normalized spacial score (nSPS) is 15.2. The van der Waals surface area contributed by atoms with E-state index in [0.717, 1.165) is 36.4 Å². The SMILES string of the molecule is CCNC(C)CC(=O)c1ccc2c(c1)CCO2. The van der Waals surface area contributed by atoms with Crippen LogP contribution in [0.2, 0.25) is 0 Å². The van der Waals surface area contributed by atoms with Crippen molar-refractivity contribution in [2.45, 2.75) is 32.7 Å². The third kappa shape index (κ3) is 2.86. The summed E-state index contributed by atoms with van der Waals surface area (Å²) in [5.41, 5.74) is 1.96. The molecule has 1 atom stereocenters. The van der Waals surface area contributed by atoms with E-state index >= 15 is 0 Å². The van der Waals surface area contributed by atoms with E-state index in [2.05, 4.69) is 5.32 Å². The van der Waals surface area contributed by atoms with Crippen molar-refractivity contribution >= 4 is 5.78 Å². The summed E-state index contributed by atoms with van der Waals surface area (Å²) in [6.45, 7) is 5.72. The van der Waals surface area contributed by atoms with Gasteiger partial charge in [0.05, 0.1) is 6.61 Å². The van der Waals surface area contributed by atoms with Crippen LogP contribution >= 0.6 is 0 Å². The van der Waals surface area contributed by atoms with Crippen molar-refractivity contribution < 1.29 is 9.53 Å². The lowest BCUT2D eigenvalue weighted by Gasteiger charge is -2.11. The standard InChI is InChI=1S/C14H19NO2/c1-3-15-10(2)8-13(16)11-4-5-14-12(9-11)6-7-17-14/h4-5,9-10,15H,3,6-8H2,1-2H3. The van der Waals surface area contributed by atoms with Crippen LogP contribution in [-0.2, 0) is 6.42 Å². The number of fused-ring (bicyclic) bond motifs is 1. The molecule has 1 heterocycles. The fraction of sp³-hybridized carbons (Fsp3) is 0.500. The average Bonchev–Trinajstić information content (AvgIpc) is 2.75. The maximum atomic E-state index is 12.0. The molecule has 1 aliphatic heterocycles. The van der Waals surface area contributed by atoms with Crippen molar-refractivity contribution in [2.75, 3.05) is 13.2 Å². The Labute approximate surface area is 102 Å². The Kier molecular flexibility index (Phi) is 3.79. The van der Waals surface area contributed by atoms with Crippen LogP contribution in [0.3, 0.4) is 0 Å². The van der Waals surface area contributed by atoms with Gasteiger partial charge in [-0.2, -0.15) is 0 Å². The number of ether oxygens (including phenoxy) is 1. The predicted octanol–water partition coefficient (Wildman–Crippen LogP) is 2.19. The number of hydrogen-bond donors (Lipinski definition) is 1. The second-order valence-corrected chi connectivity index (χ2v) is 4.51. The summed E-state index contributed by atoms with van der Waals surface area (Å²) < 4.78 is 5.43. The summed E-state index contributed by atoms with van der Waals surface area (Å²) in [5.74, 6) is 1.13. The quantitative estimate of drug-likeness (QED) is 0.792. The van der Waals surface area contributed by atoms with Crippen molar-refractivity contribution in [3.63, 3.8) is 0 Å². The Balaban J connectivity index is 2.04. The van der Waals surface area contributed by atoms with Crippen LogP contribution in [0, 0.1) is 0 Å². The van der Waals surface area contributed by atoms with Gasteiger partial charge in [0.15, 0.2) is 5.78 Å². The smallest absolute Gasteiger partial charge is 0.164 e. The number of ketones is 1. The summed E-state index contributed by atoms with van der Waals surface area (Å²) in [7, 11) is 0. The van der Waals surface area contributed by atoms with Crippen molar-refractivity contribution in [3.05, 3.63) is 29.3 Å². The van der Waals surface area contributed by atoms with E-state index in [1.54, 1.807) is 0 Å². The second-order valence-electron chi connectivity index (χ2n) is 4.51. The van der Waals surface area contributed by atoms with Crippen LogP contribution in [0.25, 0.3) is 0 Å².